The van der Waals surface area contributed by atoms with E-state index in [4.69, 9.17) is 27.2 Å². The van der Waals surface area contributed by atoms with Gasteiger partial charge in [-0.05, 0) is 110 Å². The molecule has 0 amide bonds. The van der Waals surface area contributed by atoms with E-state index < -0.39 is 28.9 Å². The van der Waals surface area contributed by atoms with Crippen molar-refractivity contribution in [3.63, 3.8) is 0 Å². The number of hydrogen-bond donors (Lipinski definition) is 5. The van der Waals surface area contributed by atoms with E-state index in [0.29, 0.717) is 29.7 Å². The first-order chi connectivity index (χ1) is 24.3. The molecule has 12 nitrogen and oxygen atoms in total. The lowest BCUT2D eigenvalue weighted by Crippen LogP contribution is -2.18. The Morgan fingerprint density at radius 2 is 1.10 bits per heavy atom. The van der Waals surface area contributed by atoms with E-state index in [0.717, 1.165) is 20.1 Å². The number of anilines is 2. The molecule has 0 atom stereocenters. The topological polar surface area (TPSA) is 222 Å². The summed E-state index contributed by atoms with van der Waals surface area (Å²) in [6.07, 6.45) is 1.20. The highest BCUT2D eigenvalue weighted by atomic mass is 79.9. The highest BCUT2D eigenvalue weighted by Crippen LogP contribution is 2.23. The van der Waals surface area contributed by atoms with Crippen LogP contribution in [0.25, 0.3) is 11.1 Å². The molecule has 1 radical (unpaired) electrons. The molecule has 0 unspecified atom stereocenters. The second-order valence-electron chi connectivity index (χ2n) is 9.77. The third-order valence-corrected chi connectivity index (χ3v) is 11.0. The first kappa shape index (κ1) is 46.6. The summed E-state index contributed by atoms with van der Waals surface area (Å²) < 4.78 is 74.9. The van der Waals surface area contributed by atoms with Crippen molar-refractivity contribution in [1.29, 1.82) is 0 Å². The first-order valence-electron chi connectivity index (χ1n) is 14.5. The SMILES string of the molecule is CN.CNS(=O)(=O)c1ccc(Br)cc1.CS(=O)(=O)c1ccc(-c2cccc(N)c2)cc1.Nc1cccc(O[B]O)c1.O=S(=O)(Cl)c1ccc(Br)cc1. The van der Waals surface area contributed by atoms with Crippen LogP contribution < -0.4 is 26.6 Å². The molecule has 5 rings (SSSR count). The van der Waals surface area contributed by atoms with Gasteiger partial charge in [0, 0.05) is 43.3 Å². The molecule has 19 heteroatoms. The summed E-state index contributed by atoms with van der Waals surface area (Å²) in [5, 5.41) is 8.22. The third-order valence-electron chi connectivity index (χ3n) is 6.04. The number of nitrogen functional groups attached to an aromatic ring is 2. The molecular formula is C33H37BBr2ClN4O8S3. The molecule has 8 N–H and O–H groups in total. The Labute approximate surface area is 327 Å². The van der Waals surface area contributed by atoms with Crippen molar-refractivity contribution in [3.05, 3.63) is 130 Å². The molecule has 5 aromatic rings. The quantitative estimate of drug-likeness (QED) is 0.0744. The molecule has 0 aromatic heterocycles. The number of halogens is 3. The van der Waals surface area contributed by atoms with Crippen molar-refractivity contribution in [3.8, 4) is 16.9 Å². The fourth-order valence-corrected chi connectivity index (χ4v) is 6.25. The van der Waals surface area contributed by atoms with E-state index in [9.17, 15) is 25.3 Å². The fourth-order valence-electron chi connectivity index (χ4n) is 3.59. The van der Waals surface area contributed by atoms with Crippen molar-refractivity contribution in [1.82, 2.24) is 4.72 Å². The number of sulfone groups is 1. The molecule has 0 saturated carbocycles. The van der Waals surface area contributed by atoms with Crippen LogP contribution in [0.1, 0.15) is 0 Å². The number of nitrogens with two attached hydrogens (primary N) is 3. The summed E-state index contributed by atoms with van der Waals surface area (Å²) in [4.78, 5) is 0.709. The molecule has 5 aromatic carbocycles. The van der Waals surface area contributed by atoms with Crippen LogP contribution in [-0.2, 0) is 28.9 Å². The summed E-state index contributed by atoms with van der Waals surface area (Å²) in [5.41, 5.74) is 18.8. The van der Waals surface area contributed by atoms with Crippen LogP contribution in [0.4, 0.5) is 11.4 Å². The van der Waals surface area contributed by atoms with Gasteiger partial charge in [-0.3, -0.25) is 0 Å². The summed E-state index contributed by atoms with van der Waals surface area (Å²) in [6.45, 7) is 0. The molecule has 0 heterocycles. The Kier molecular flexibility index (Phi) is 20.2. The maximum absolute atomic E-state index is 11.3. The Morgan fingerprint density at radius 1 is 0.654 bits per heavy atom. The normalized spacial score (nSPS) is 10.6. The molecule has 0 spiro atoms. The van der Waals surface area contributed by atoms with Crippen molar-refractivity contribution < 1.29 is 34.9 Å². The van der Waals surface area contributed by atoms with Crippen LogP contribution in [0.2, 0.25) is 0 Å². The average Bonchev–Trinajstić information content (AvgIpc) is 3.10. The predicted molar refractivity (Wildman–Crippen MR) is 217 cm³/mol. The monoisotopic (exact) mass is 917 g/mol. The summed E-state index contributed by atoms with van der Waals surface area (Å²) in [5.74, 6) is 0.530. The average molecular weight is 920 g/mol. The molecular weight excluding hydrogens is 883 g/mol. The second kappa shape index (κ2) is 22.6. The van der Waals surface area contributed by atoms with Gasteiger partial charge in [-0.1, -0.05) is 62.2 Å². The molecule has 52 heavy (non-hydrogen) atoms. The van der Waals surface area contributed by atoms with E-state index in [-0.39, 0.29) is 9.79 Å². The van der Waals surface area contributed by atoms with Crippen LogP contribution in [0.3, 0.4) is 0 Å². The van der Waals surface area contributed by atoms with Crippen LogP contribution in [0, 0.1) is 0 Å². The number of nitrogens with one attached hydrogen (secondary N) is 1. The second-order valence-corrected chi connectivity index (χ2v) is 18.1. The van der Waals surface area contributed by atoms with Crippen LogP contribution in [0.15, 0.2) is 145 Å². The van der Waals surface area contributed by atoms with Crippen molar-refractivity contribution in [2.75, 3.05) is 31.8 Å². The van der Waals surface area contributed by atoms with Gasteiger partial charge in [0.05, 0.1) is 14.7 Å². The Hall–Kier alpha value is -3.46. The summed E-state index contributed by atoms with van der Waals surface area (Å²) >= 11 is 6.39. The summed E-state index contributed by atoms with van der Waals surface area (Å²) in [6, 6.07) is 33.6. The lowest BCUT2D eigenvalue weighted by molar-refractivity contribution is 0.454. The number of sulfonamides is 1. The number of hydrogen-bond acceptors (Lipinski definition) is 11. The number of benzene rings is 5. The Morgan fingerprint density at radius 3 is 1.50 bits per heavy atom. The van der Waals surface area contributed by atoms with Crippen molar-refractivity contribution >= 4 is 90.5 Å². The lowest BCUT2D eigenvalue weighted by atomic mass is 10.1. The van der Waals surface area contributed by atoms with Gasteiger partial charge in [-0.15, -0.1) is 0 Å². The fraction of sp³-hybridized carbons (Fsp3) is 0.0909. The van der Waals surface area contributed by atoms with E-state index in [1.54, 1.807) is 72.8 Å². The Bertz CT molecular complexity index is 2170. The summed E-state index contributed by atoms with van der Waals surface area (Å²) in [7, 11) is -1.41. The van der Waals surface area contributed by atoms with Gasteiger partial charge in [-0.2, -0.15) is 0 Å². The maximum atomic E-state index is 11.3. The minimum atomic E-state index is -3.57. The van der Waals surface area contributed by atoms with Crippen LogP contribution in [-0.4, -0.2) is 58.3 Å². The largest absolute Gasteiger partial charge is 0.569 e. The van der Waals surface area contributed by atoms with E-state index >= 15 is 0 Å². The van der Waals surface area contributed by atoms with E-state index in [1.807, 2.05) is 24.3 Å². The zero-order valence-corrected chi connectivity index (χ0v) is 34.4. The van der Waals surface area contributed by atoms with Crippen LogP contribution >= 0.6 is 42.5 Å². The number of rotatable bonds is 7. The molecule has 0 aliphatic carbocycles. The third kappa shape index (κ3) is 17.4. The molecule has 0 fully saturated rings. The Balaban J connectivity index is 0.000000349. The van der Waals surface area contributed by atoms with Gasteiger partial charge >= 0.3 is 7.69 Å². The smallest absolute Gasteiger partial charge is 0.537 e. The molecule has 0 aliphatic heterocycles. The lowest BCUT2D eigenvalue weighted by Gasteiger charge is -2.04. The standard InChI is InChI=1S/C13H13NO2S.C7H8BrNO2S.C6H7BNO2.C6H4BrClO2S.CH5N/c1-17(15,16)13-7-5-10(6-8-13)11-3-2-4-12(14)9-11;1-9-12(10,11)7-4-2-6(8)3-5-7;8-5-2-1-3-6(4-5)10-7-9;7-5-1-3-6(4-2-5)11(8,9)10;1-2/h2-9H,14H2,1H3;2-5,9H,1H3;1-4,9H,8H2;1-4H;2H2,1H3. The van der Waals surface area contributed by atoms with Crippen LogP contribution in [0.5, 0.6) is 5.75 Å². The van der Waals surface area contributed by atoms with Crippen molar-refractivity contribution in [2.45, 2.75) is 14.7 Å². The molecule has 279 valence electrons. The minimum Gasteiger partial charge on any atom is -0.537 e. The van der Waals surface area contributed by atoms with E-state index in [1.165, 1.54) is 44.6 Å². The molecule has 0 saturated heterocycles. The minimum absolute atomic E-state index is 0.113. The van der Waals surface area contributed by atoms with Gasteiger partial charge in [0.1, 0.15) is 5.75 Å². The van der Waals surface area contributed by atoms with Crippen molar-refractivity contribution in [2.24, 2.45) is 5.73 Å². The zero-order chi connectivity index (χ0) is 39.5. The maximum Gasteiger partial charge on any atom is 0.569 e. The highest BCUT2D eigenvalue weighted by molar-refractivity contribution is 9.10. The molecule has 0 bridgehead atoms. The predicted octanol–water partition coefficient (Wildman–Crippen LogP) is 5.82. The van der Waals surface area contributed by atoms with Gasteiger partial charge < -0.3 is 26.9 Å². The van der Waals surface area contributed by atoms with Gasteiger partial charge in [0.2, 0.25) is 10.0 Å². The van der Waals surface area contributed by atoms with E-state index in [2.05, 4.69) is 47.0 Å². The zero-order valence-electron chi connectivity index (χ0n) is 28.0. The first-order valence-corrected chi connectivity index (χ1v) is 21.7. The highest BCUT2D eigenvalue weighted by Gasteiger charge is 2.10. The van der Waals surface area contributed by atoms with Gasteiger partial charge in [0.15, 0.2) is 9.84 Å². The van der Waals surface area contributed by atoms with Gasteiger partial charge in [0.25, 0.3) is 9.05 Å². The van der Waals surface area contributed by atoms with Gasteiger partial charge in [-0.25, -0.2) is 30.0 Å². The molecule has 0 aliphatic rings.